The van der Waals surface area contributed by atoms with Crippen LogP contribution in [-0.4, -0.2) is 42.6 Å². The van der Waals surface area contributed by atoms with Gasteiger partial charge in [-0.1, -0.05) is 55.5 Å². The van der Waals surface area contributed by atoms with Gasteiger partial charge in [0.1, 0.15) is 12.6 Å². The van der Waals surface area contributed by atoms with Crippen LogP contribution in [0.2, 0.25) is 0 Å². The lowest BCUT2D eigenvalue weighted by atomic mass is 9.98. The van der Waals surface area contributed by atoms with E-state index >= 15 is 0 Å². The second-order valence-corrected chi connectivity index (χ2v) is 7.82. The molecule has 1 saturated heterocycles. The molecule has 152 valence electrons. The summed E-state index contributed by atoms with van der Waals surface area (Å²) in [5.74, 6) is 0.0201. The Morgan fingerprint density at radius 1 is 1.00 bits per heavy atom. The van der Waals surface area contributed by atoms with Gasteiger partial charge in [-0.05, 0) is 47.9 Å². The minimum atomic E-state index is -0.524. The highest BCUT2D eigenvalue weighted by molar-refractivity contribution is 5.86. The lowest BCUT2D eigenvalue weighted by Crippen LogP contribution is -2.49. The van der Waals surface area contributed by atoms with E-state index < -0.39 is 12.1 Å². The maximum Gasteiger partial charge on any atom is 0.407 e. The third-order valence-corrected chi connectivity index (χ3v) is 6.01. The molecule has 2 aromatic carbocycles. The Morgan fingerprint density at radius 2 is 1.59 bits per heavy atom. The Hall–Kier alpha value is -2.82. The summed E-state index contributed by atoms with van der Waals surface area (Å²) < 4.78 is 5.59. The minimum absolute atomic E-state index is 0.000655. The van der Waals surface area contributed by atoms with Gasteiger partial charge in [0, 0.05) is 19.0 Å². The van der Waals surface area contributed by atoms with Gasteiger partial charge in [-0.3, -0.25) is 4.79 Å². The number of piperidine rings is 1. The smallest absolute Gasteiger partial charge is 0.407 e. The number of nitrogens with zero attached hydrogens (tertiary/aromatic N) is 1. The molecule has 2 amide bonds. The van der Waals surface area contributed by atoms with Crippen molar-refractivity contribution in [3.05, 3.63) is 59.7 Å². The highest BCUT2D eigenvalue weighted by Crippen LogP contribution is 2.44. The number of carbonyl (C=O) groups excluding carboxylic acids is 2. The van der Waals surface area contributed by atoms with Crippen molar-refractivity contribution in [3.8, 4) is 11.1 Å². The van der Waals surface area contributed by atoms with Crippen LogP contribution < -0.4 is 5.32 Å². The summed E-state index contributed by atoms with van der Waals surface area (Å²) in [7, 11) is 0. The van der Waals surface area contributed by atoms with E-state index in [-0.39, 0.29) is 18.4 Å². The summed E-state index contributed by atoms with van der Waals surface area (Å²) in [6.07, 6.45) is 3.27. The number of alkyl carbamates (subject to hydrolysis) is 1. The molecule has 1 aliphatic heterocycles. The summed E-state index contributed by atoms with van der Waals surface area (Å²) in [6, 6.07) is 16.0. The summed E-state index contributed by atoms with van der Waals surface area (Å²) in [5, 5.41) is 2.78. The molecule has 1 N–H and O–H groups in total. The van der Waals surface area contributed by atoms with Gasteiger partial charge >= 0.3 is 6.09 Å². The van der Waals surface area contributed by atoms with Crippen molar-refractivity contribution >= 4 is 12.0 Å². The van der Waals surface area contributed by atoms with Gasteiger partial charge in [0.05, 0.1) is 0 Å². The molecule has 0 saturated carbocycles. The summed E-state index contributed by atoms with van der Waals surface area (Å²) in [4.78, 5) is 27.0. The van der Waals surface area contributed by atoms with Gasteiger partial charge in [0.15, 0.2) is 0 Å². The Kier molecular flexibility index (Phi) is 5.84. The normalized spacial score (nSPS) is 16.7. The Morgan fingerprint density at radius 3 is 2.17 bits per heavy atom. The number of ether oxygens (including phenoxy) is 1. The van der Waals surface area contributed by atoms with E-state index in [9.17, 15) is 9.59 Å². The van der Waals surface area contributed by atoms with Gasteiger partial charge in [0.2, 0.25) is 5.91 Å². The van der Waals surface area contributed by atoms with Crippen LogP contribution in [0.5, 0.6) is 0 Å². The zero-order valence-corrected chi connectivity index (χ0v) is 16.9. The fourth-order valence-corrected chi connectivity index (χ4v) is 4.46. The number of hydrogen-bond acceptors (Lipinski definition) is 3. The molecule has 1 aliphatic carbocycles. The molecule has 1 fully saturated rings. The first-order chi connectivity index (χ1) is 14.2. The highest BCUT2D eigenvalue weighted by atomic mass is 16.5. The van der Waals surface area contributed by atoms with Crippen LogP contribution in [0.4, 0.5) is 4.79 Å². The van der Waals surface area contributed by atoms with Gasteiger partial charge in [-0.15, -0.1) is 0 Å². The fraction of sp³-hybridized carbons (Fsp3) is 0.417. The van der Waals surface area contributed by atoms with Crippen LogP contribution >= 0.6 is 0 Å². The molecule has 0 unspecified atom stereocenters. The number of fused-ring (bicyclic) bond motifs is 3. The molecule has 2 aliphatic rings. The van der Waals surface area contributed by atoms with Crippen molar-refractivity contribution < 1.29 is 14.3 Å². The third-order valence-electron chi connectivity index (χ3n) is 6.01. The third kappa shape index (κ3) is 4.00. The molecular formula is C24H28N2O3. The molecule has 0 spiro atoms. The van der Waals surface area contributed by atoms with Crippen LogP contribution in [0.3, 0.4) is 0 Å². The second kappa shape index (κ2) is 8.68. The van der Waals surface area contributed by atoms with Crippen molar-refractivity contribution in [1.82, 2.24) is 10.2 Å². The predicted molar refractivity (Wildman–Crippen MR) is 113 cm³/mol. The number of rotatable bonds is 5. The molecule has 0 radical (unpaired) electrons. The molecule has 1 heterocycles. The predicted octanol–water partition coefficient (Wildman–Crippen LogP) is 4.32. The van der Waals surface area contributed by atoms with E-state index in [1.807, 2.05) is 36.1 Å². The van der Waals surface area contributed by atoms with Crippen LogP contribution in [-0.2, 0) is 9.53 Å². The van der Waals surface area contributed by atoms with E-state index in [1.165, 1.54) is 28.7 Å². The first-order valence-corrected chi connectivity index (χ1v) is 10.6. The lowest BCUT2D eigenvalue weighted by Gasteiger charge is -2.30. The van der Waals surface area contributed by atoms with Crippen molar-refractivity contribution in [1.29, 1.82) is 0 Å². The monoisotopic (exact) mass is 392 g/mol. The molecule has 1 atom stereocenters. The average Bonchev–Trinajstić information content (AvgIpc) is 3.10. The minimum Gasteiger partial charge on any atom is -0.449 e. The van der Waals surface area contributed by atoms with E-state index in [1.54, 1.807) is 0 Å². The Bertz CT molecular complexity index is 844. The largest absolute Gasteiger partial charge is 0.449 e. The van der Waals surface area contributed by atoms with Crippen molar-refractivity contribution in [3.63, 3.8) is 0 Å². The summed E-state index contributed by atoms with van der Waals surface area (Å²) in [6.45, 7) is 3.73. The molecule has 5 heteroatoms. The van der Waals surface area contributed by atoms with Gasteiger partial charge in [-0.25, -0.2) is 4.79 Å². The van der Waals surface area contributed by atoms with E-state index in [2.05, 4.69) is 29.6 Å². The molecule has 0 aromatic heterocycles. The quantitative estimate of drug-likeness (QED) is 0.825. The van der Waals surface area contributed by atoms with Gasteiger partial charge in [-0.2, -0.15) is 0 Å². The average molecular weight is 392 g/mol. The SMILES string of the molecule is CC[C@H](NC(=O)OCC1c2ccccc2-c2ccccc21)C(=O)N1CCCCC1. The van der Waals surface area contributed by atoms with Gasteiger partial charge in [0.25, 0.3) is 0 Å². The van der Waals surface area contributed by atoms with E-state index in [0.717, 1.165) is 25.9 Å². The van der Waals surface area contributed by atoms with Crippen molar-refractivity contribution in [2.45, 2.75) is 44.6 Å². The Labute approximate surface area is 172 Å². The number of hydrogen-bond donors (Lipinski definition) is 1. The number of benzene rings is 2. The number of likely N-dealkylation sites (tertiary alicyclic amines) is 1. The topological polar surface area (TPSA) is 58.6 Å². The lowest BCUT2D eigenvalue weighted by molar-refractivity contribution is -0.134. The number of amides is 2. The van der Waals surface area contributed by atoms with Crippen LogP contribution in [0.15, 0.2) is 48.5 Å². The molecule has 2 aromatic rings. The zero-order valence-electron chi connectivity index (χ0n) is 16.9. The van der Waals surface area contributed by atoms with Crippen LogP contribution in [0, 0.1) is 0 Å². The van der Waals surface area contributed by atoms with Crippen LogP contribution in [0.25, 0.3) is 11.1 Å². The van der Waals surface area contributed by atoms with Crippen molar-refractivity contribution in [2.24, 2.45) is 0 Å². The second-order valence-electron chi connectivity index (χ2n) is 7.82. The molecule has 4 rings (SSSR count). The fourth-order valence-electron chi connectivity index (χ4n) is 4.46. The molecular weight excluding hydrogens is 364 g/mol. The molecule has 5 nitrogen and oxygen atoms in total. The first-order valence-electron chi connectivity index (χ1n) is 10.6. The summed E-state index contributed by atoms with van der Waals surface area (Å²) in [5.41, 5.74) is 4.75. The standard InChI is InChI=1S/C24H28N2O3/c1-2-22(23(27)26-14-8-3-9-15-26)25-24(28)29-16-21-19-12-6-4-10-17(19)18-11-5-7-13-20(18)21/h4-7,10-13,21-22H,2-3,8-9,14-16H2,1H3,(H,25,28)/t22-/m0/s1. The molecule has 29 heavy (non-hydrogen) atoms. The summed E-state index contributed by atoms with van der Waals surface area (Å²) >= 11 is 0. The maximum atomic E-state index is 12.7. The van der Waals surface area contributed by atoms with Crippen LogP contribution in [0.1, 0.15) is 49.7 Å². The number of carbonyl (C=O) groups is 2. The maximum absolute atomic E-state index is 12.7. The zero-order chi connectivity index (χ0) is 20.2. The van der Waals surface area contributed by atoms with Gasteiger partial charge < -0.3 is 15.0 Å². The van der Waals surface area contributed by atoms with E-state index in [4.69, 9.17) is 4.74 Å². The highest BCUT2D eigenvalue weighted by Gasteiger charge is 2.30. The number of nitrogens with one attached hydrogen (secondary N) is 1. The Balaban J connectivity index is 1.40. The van der Waals surface area contributed by atoms with Crippen molar-refractivity contribution in [2.75, 3.05) is 19.7 Å². The van der Waals surface area contributed by atoms with E-state index in [0.29, 0.717) is 6.42 Å². The first kappa shape index (κ1) is 19.5. The molecule has 0 bridgehead atoms.